The van der Waals surface area contributed by atoms with Gasteiger partial charge in [0.25, 0.3) is 5.91 Å². The van der Waals surface area contributed by atoms with Gasteiger partial charge in [-0.25, -0.2) is 0 Å². The molecular formula is C13H21N3O. The van der Waals surface area contributed by atoms with E-state index in [1.165, 1.54) is 0 Å². The third-order valence-electron chi connectivity index (χ3n) is 3.21. The summed E-state index contributed by atoms with van der Waals surface area (Å²) < 4.78 is 2.04. The topological polar surface area (TPSA) is 37.3 Å². The Morgan fingerprint density at radius 1 is 1.53 bits per heavy atom. The van der Waals surface area contributed by atoms with Crippen LogP contribution >= 0.6 is 0 Å². The van der Waals surface area contributed by atoms with Gasteiger partial charge in [0.05, 0.1) is 0 Å². The minimum Gasteiger partial charge on any atom is -0.341 e. The van der Waals surface area contributed by atoms with Gasteiger partial charge in [-0.15, -0.1) is 0 Å². The van der Waals surface area contributed by atoms with Crippen molar-refractivity contribution in [2.24, 2.45) is 0 Å². The van der Waals surface area contributed by atoms with Gasteiger partial charge in [-0.05, 0) is 32.9 Å². The first-order valence-electron chi connectivity index (χ1n) is 6.29. The number of carbonyl (C=O) groups excluding carboxylic acids is 1. The first-order valence-corrected chi connectivity index (χ1v) is 6.29. The fourth-order valence-electron chi connectivity index (χ4n) is 2.30. The summed E-state index contributed by atoms with van der Waals surface area (Å²) in [6.07, 6.45) is 1.98. The van der Waals surface area contributed by atoms with E-state index in [9.17, 15) is 4.79 Å². The first-order chi connectivity index (χ1) is 8.09. The molecule has 0 radical (unpaired) electrons. The quantitative estimate of drug-likeness (QED) is 0.843. The second kappa shape index (κ2) is 4.92. The Bertz CT molecular complexity index is 397. The van der Waals surface area contributed by atoms with Crippen LogP contribution in [0.25, 0.3) is 0 Å². The SMILES string of the molecule is CC(C)n1cccc1C(=O)N1CCN[C@H](C)C1. The van der Waals surface area contributed by atoms with Gasteiger partial charge in [0.15, 0.2) is 0 Å². The van der Waals surface area contributed by atoms with Gasteiger partial charge < -0.3 is 14.8 Å². The molecule has 1 aliphatic heterocycles. The van der Waals surface area contributed by atoms with Crippen molar-refractivity contribution in [2.75, 3.05) is 19.6 Å². The summed E-state index contributed by atoms with van der Waals surface area (Å²) in [7, 11) is 0. The fraction of sp³-hybridized carbons (Fsp3) is 0.615. The number of hydrogen-bond acceptors (Lipinski definition) is 2. The maximum atomic E-state index is 12.4. The zero-order valence-corrected chi connectivity index (χ0v) is 10.8. The van der Waals surface area contributed by atoms with Gasteiger partial charge in [0.2, 0.25) is 0 Å². The van der Waals surface area contributed by atoms with Crippen LogP contribution in [-0.2, 0) is 0 Å². The van der Waals surface area contributed by atoms with Crippen molar-refractivity contribution in [2.45, 2.75) is 32.9 Å². The number of piperazine rings is 1. The number of rotatable bonds is 2. The summed E-state index contributed by atoms with van der Waals surface area (Å²) in [6.45, 7) is 8.78. The second-order valence-corrected chi connectivity index (χ2v) is 5.00. The minimum atomic E-state index is 0.150. The molecular weight excluding hydrogens is 214 g/mol. The third kappa shape index (κ3) is 2.52. The summed E-state index contributed by atoms with van der Waals surface area (Å²) in [5, 5.41) is 3.35. The Morgan fingerprint density at radius 3 is 2.94 bits per heavy atom. The van der Waals surface area contributed by atoms with Crippen molar-refractivity contribution in [3.8, 4) is 0 Å². The number of nitrogens with one attached hydrogen (secondary N) is 1. The molecule has 0 aromatic carbocycles. The van der Waals surface area contributed by atoms with Crippen LogP contribution in [0.4, 0.5) is 0 Å². The van der Waals surface area contributed by atoms with Crippen molar-refractivity contribution in [1.82, 2.24) is 14.8 Å². The summed E-state index contributed by atoms with van der Waals surface area (Å²) in [5.41, 5.74) is 0.800. The van der Waals surface area contributed by atoms with Gasteiger partial charge in [-0.3, -0.25) is 4.79 Å². The van der Waals surface area contributed by atoms with Gasteiger partial charge in [-0.1, -0.05) is 0 Å². The second-order valence-electron chi connectivity index (χ2n) is 5.00. The summed E-state index contributed by atoms with van der Waals surface area (Å²) in [6, 6.07) is 4.56. The van der Waals surface area contributed by atoms with Gasteiger partial charge in [-0.2, -0.15) is 0 Å². The van der Waals surface area contributed by atoms with Gasteiger partial charge in [0.1, 0.15) is 5.69 Å². The van der Waals surface area contributed by atoms with Crippen LogP contribution < -0.4 is 5.32 Å². The highest BCUT2D eigenvalue weighted by Gasteiger charge is 2.23. The van der Waals surface area contributed by atoms with E-state index < -0.39 is 0 Å². The molecule has 4 heteroatoms. The predicted octanol–water partition coefficient (Wildman–Crippen LogP) is 1.50. The number of aromatic nitrogens is 1. The number of hydrogen-bond donors (Lipinski definition) is 1. The molecule has 0 bridgehead atoms. The van der Waals surface area contributed by atoms with E-state index in [-0.39, 0.29) is 5.91 Å². The Labute approximate surface area is 103 Å². The smallest absolute Gasteiger partial charge is 0.270 e. The minimum absolute atomic E-state index is 0.150. The van der Waals surface area contributed by atoms with E-state index >= 15 is 0 Å². The van der Waals surface area contributed by atoms with Gasteiger partial charge >= 0.3 is 0 Å². The molecule has 0 unspecified atom stereocenters. The van der Waals surface area contributed by atoms with Gasteiger partial charge in [0, 0.05) is 37.9 Å². The first kappa shape index (κ1) is 12.2. The Hall–Kier alpha value is -1.29. The lowest BCUT2D eigenvalue weighted by Crippen LogP contribution is -2.51. The molecule has 1 amide bonds. The van der Waals surface area contributed by atoms with E-state index in [1.807, 2.05) is 27.8 Å². The molecule has 1 saturated heterocycles. The van der Waals surface area contributed by atoms with Crippen molar-refractivity contribution < 1.29 is 4.79 Å². The molecule has 1 atom stereocenters. The molecule has 0 saturated carbocycles. The van der Waals surface area contributed by atoms with Crippen LogP contribution in [0.3, 0.4) is 0 Å². The molecule has 94 valence electrons. The third-order valence-corrected chi connectivity index (χ3v) is 3.21. The zero-order valence-electron chi connectivity index (χ0n) is 10.8. The fourth-order valence-corrected chi connectivity index (χ4v) is 2.30. The highest BCUT2D eigenvalue weighted by atomic mass is 16.2. The summed E-state index contributed by atoms with van der Waals surface area (Å²) >= 11 is 0. The lowest BCUT2D eigenvalue weighted by molar-refractivity contribution is 0.0696. The predicted molar refractivity (Wildman–Crippen MR) is 68.2 cm³/mol. The molecule has 2 rings (SSSR count). The molecule has 2 heterocycles. The average molecular weight is 235 g/mol. The number of carbonyl (C=O) groups is 1. The van der Waals surface area contributed by atoms with Crippen LogP contribution in [-0.4, -0.2) is 41.1 Å². The average Bonchev–Trinajstić information content (AvgIpc) is 2.77. The molecule has 1 fully saturated rings. The maximum absolute atomic E-state index is 12.4. The van der Waals surface area contributed by atoms with Crippen molar-refractivity contribution in [1.29, 1.82) is 0 Å². The summed E-state index contributed by atoms with van der Waals surface area (Å²) in [4.78, 5) is 14.3. The monoisotopic (exact) mass is 235 g/mol. The van der Waals surface area contributed by atoms with Crippen LogP contribution in [0.2, 0.25) is 0 Å². The van der Waals surface area contributed by atoms with Crippen LogP contribution in [0.15, 0.2) is 18.3 Å². The molecule has 17 heavy (non-hydrogen) atoms. The lowest BCUT2D eigenvalue weighted by Gasteiger charge is -2.32. The van der Waals surface area contributed by atoms with Crippen molar-refractivity contribution >= 4 is 5.91 Å². The Balaban J connectivity index is 2.16. The summed E-state index contributed by atoms with van der Waals surface area (Å²) in [5.74, 6) is 0.150. The highest BCUT2D eigenvalue weighted by Crippen LogP contribution is 2.14. The van der Waals surface area contributed by atoms with Crippen LogP contribution in [0.5, 0.6) is 0 Å². The molecule has 4 nitrogen and oxygen atoms in total. The lowest BCUT2D eigenvalue weighted by atomic mass is 10.2. The normalized spacial score (nSPS) is 20.9. The molecule has 1 aromatic heterocycles. The highest BCUT2D eigenvalue weighted by molar-refractivity contribution is 5.93. The zero-order chi connectivity index (χ0) is 12.4. The standard InChI is InChI=1S/C13H21N3O/c1-10(2)16-7-4-5-12(16)13(17)15-8-6-14-11(3)9-15/h4-5,7,10-11,14H,6,8-9H2,1-3H3/t11-/m1/s1. The molecule has 0 aliphatic carbocycles. The molecule has 1 aromatic rings. The van der Waals surface area contributed by atoms with Crippen LogP contribution in [0, 0.1) is 0 Å². The van der Waals surface area contributed by atoms with E-state index in [1.54, 1.807) is 0 Å². The number of amides is 1. The van der Waals surface area contributed by atoms with Crippen LogP contribution in [0.1, 0.15) is 37.3 Å². The largest absolute Gasteiger partial charge is 0.341 e. The van der Waals surface area contributed by atoms with E-state index in [0.717, 1.165) is 25.3 Å². The molecule has 0 spiro atoms. The van der Waals surface area contributed by atoms with Crippen molar-refractivity contribution in [3.63, 3.8) is 0 Å². The molecule has 1 aliphatic rings. The van der Waals surface area contributed by atoms with E-state index in [0.29, 0.717) is 12.1 Å². The Kier molecular flexibility index (Phi) is 3.52. The Morgan fingerprint density at radius 2 is 2.29 bits per heavy atom. The maximum Gasteiger partial charge on any atom is 0.270 e. The van der Waals surface area contributed by atoms with E-state index in [2.05, 4.69) is 26.1 Å². The number of nitrogens with zero attached hydrogens (tertiary/aromatic N) is 2. The van der Waals surface area contributed by atoms with E-state index in [4.69, 9.17) is 0 Å². The molecule has 1 N–H and O–H groups in total. The van der Waals surface area contributed by atoms with Crippen molar-refractivity contribution in [3.05, 3.63) is 24.0 Å².